The number of hydrogen-bond acceptors (Lipinski definition) is 5. The maximum Gasteiger partial charge on any atom is 0.193 e. The van der Waals surface area contributed by atoms with Crippen LogP contribution in [0.2, 0.25) is 0 Å². The Bertz CT molecular complexity index is 433. The molecule has 0 amide bonds. The van der Waals surface area contributed by atoms with E-state index >= 15 is 0 Å². The van der Waals surface area contributed by atoms with Gasteiger partial charge in [-0.3, -0.25) is 5.26 Å². The average molecular weight is 310 g/mol. The zero-order valence-electron chi connectivity index (χ0n) is 13.4. The normalized spacial score (nSPS) is 48.1. The van der Waals surface area contributed by atoms with Gasteiger partial charge in [0.05, 0.1) is 6.10 Å². The molecule has 3 aliphatic rings. The van der Waals surface area contributed by atoms with Crippen LogP contribution < -0.4 is 0 Å². The molecule has 5 nitrogen and oxygen atoms in total. The second-order valence-electron chi connectivity index (χ2n) is 6.91. The Morgan fingerprint density at radius 1 is 1.23 bits per heavy atom. The Morgan fingerprint density at radius 3 is 2.77 bits per heavy atom. The van der Waals surface area contributed by atoms with Crippen LogP contribution >= 0.6 is 0 Å². The predicted octanol–water partition coefficient (Wildman–Crippen LogP) is 2.80. The van der Waals surface area contributed by atoms with Crippen molar-refractivity contribution >= 4 is 0 Å². The van der Waals surface area contributed by atoms with Gasteiger partial charge >= 0.3 is 0 Å². The number of hydrogen-bond donors (Lipinski definition) is 1. The lowest BCUT2D eigenvalue weighted by Gasteiger charge is -2.56. The van der Waals surface area contributed by atoms with E-state index in [-0.39, 0.29) is 30.5 Å². The molecule has 0 aromatic heterocycles. The number of ether oxygens (including phenoxy) is 3. The summed E-state index contributed by atoms with van der Waals surface area (Å²) in [4.78, 5) is 5.16. The highest BCUT2D eigenvalue weighted by molar-refractivity contribution is 5.05. The maximum absolute atomic E-state index is 9.84. The highest BCUT2D eigenvalue weighted by atomic mass is 17.1. The van der Waals surface area contributed by atoms with Crippen molar-refractivity contribution in [2.45, 2.75) is 70.2 Å². The lowest BCUT2D eigenvalue weighted by Crippen LogP contribution is -2.66. The minimum absolute atomic E-state index is 0.0740. The van der Waals surface area contributed by atoms with Crippen LogP contribution in [0.5, 0.6) is 0 Å². The van der Waals surface area contributed by atoms with Gasteiger partial charge in [-0.25, -0.2) is 4.89 Å². The fourth-order valence-corrected chi connectivity index (χ4v) is 4.65. The molecule has 0 radical (unpaired) electrons. The molecule has 1 N–H and O–H groups in total. The maximum atomic E-state index is 9.84. The highest BCUT2D eigenvalue weighted by Crippen LogP contribution is 2.54. The van der Waals surface area contributed by atoms with E-state index in [9.17, 15) is 5.26 Å². The van der Waals surface area contributed by atoms with Crippen LogP contribution in [-0.4, -0.2) is 36.1 Å². The molecule has 7 atom stereocenters. The molecular weight excluding hydrogens is 284 g/mol. The van der Waals surface area contributed by atoms with Crippen molar-refractivity contribution in [3.8, 4) is 12.3 Å². The van der Waals surface area contributed by atoms with Gasteiger partial charge in [0.2, 0.25) is 0 Å². The van der Waals surface area contributed by atoms with Gasteiger partial charge in [0.1, 0.15) is 6.61 Å². The number of terminal acetylenes is 1. The van der Waals surface area contributed by atoms with Crippen LogP contribution in [0, 0.1) is 30.1 Å². The summed E-state index contributed by atoms with van der Waals surface area (Å²) < 4.78 is 17.8. The molecule has 0 aromatic carbocycles. The molecule has 0 aromatic rings. The third-order valence-corrected chi connectivity index (χ3v) is 5.74. The van der Waals surface area contributed by atoms with Crippen molar-refractivity contribution in [3.63, 3.8) is 0 Å². The topological polar surface area (TPSA) is 57.2 Å². The van der Waals surface area contributed by atoms with Gasteiger partial charge < -0.3 is 14.2 Å². The molecule has 1 aliphatic carbocycles. The van der Waals surface area contributed by atoms with E-state index in [0.717, 1.165) is 32.1 Å². The molecule has 2 saturated heterocycles. The minimum Gasteiger partial charge on any atom is -0.346 e. The largest absolute Gasteiger partial charge is 0.346 e. The van der Waals surface area contributed by atoms with E-state index in [1.54, 1.807) is 0 Å². The van der Waals surface area contributed by atoms with Crippen molar-refractivity contribution in [2.75, 3.05) is 6.61 Å². The molecule has 5 heteroatoms. The Hall–Kier alpha value is -0.640. The van der Waals surface area contributed by atoms with Crippen LogP contribution in [0.1, 0.15) is 46.0 Å². The number of rotatable bonds is 3. The zero-order chi connectivity index (χ0) is 15.7. The third kappa shape index (κ3) is 2.47. The minimum atomic E-state index is -0.779. The van der Waals surface area contributed by atoms with Gasteiger partial charge in [0, 0.05) is 11.8 Å². The SMILES string of the molecule is C#CCO[C@@H]1O[C@@H]2O[C@@H](C)CC[C@H]3CCC[C@@H]([C@H]1C)[C@]32OO. The average Bonchev–Trinajstić information content (AvgIpc) is 2.67. The van der Waals surface area contributed by atoms with Crippen molar-refractivity contribution in [1.29, 1.82) is 0 Å². The molecule has 3 rings (SSSR count). The second-order valence-corrected chi connectivity index (χ2v) is 6.91. The summed E-state index contributed by atoms with van der Waals surface area (Å²) in [5, 5.41) is 9.84. The first-order chi connectivity index (χ1) is 10.6. The third-order valence-electron chi connectivity index (χ3n) is 5.74. The van der Waals surface area contributed by atoms with Crippen LogP contribution in [0.25, 0.3) is 0 Å². The van der Waals surface area contributed by atoms with Gasteiger partial charge in [0.15, 0.2) is 18.2 Å². The first-order valence-corrected chi connectivity index (χ1v) is 8.32. The zero-order valence-corrected chi connectivity index (χ0v) is 13.4. The van der Waals surface area contributed by atoms with E-state index in [0.29, 0.717) is 0 Å². The first kappa shape index (κ1) is 16.2. The highest BCUT2D eigenvalue weighted by Gasteiger charge is 2.63. The molecule has 1 saturated carbocycles. The summed E-state index contributed by atoms with van der Waals surface area (Å²) in [6, 6.07) is 0. The molecule has 124 valence electrons. The quantitative estimate of drug-likeness (QED) is 0.493. The lowest BCUT2D eigenvalue weighted by atomic mass is 9.61. The van der Waals surface area contributed by atoms with Crippen molar-refractivity contribution in [2.24, 2.45) is 17.8 Å². The van der Waals surface area contributed by atoms with E-state index in [1.165, 1.54) is 0 Å². The molecule has 0 unspecified atom stereocenters. The molecule has 2 aliphatic heterocycles. The van der Waals surface area contributed by atoms with E-state index in [1.807, 2.05) is 6.92 Å². The van der Waals surface area contributed by atoms with Gasteiger partial charge in [-0.15, -0.1) is 6.42 Å². The van der Waals surface area contributed by atoms with Crippen LogP contribution in [-0.2, 0) is 19.1 Å². The summed E-state index contributed by atoms with van der Waals surface area (Å²) in [6.07, 6.45) is 9.43. The van der Waals surface area contributed by atoms with Crippen molar-refractivity contribution < 1.29 is 24.4 Å². The molecule has 0 bridgehead atoms. The van der Waals surface area contributed by atoms with Crippen LogP contribution in [0.15, 0.2) is 0 Å². The lowest BCUT2D eigenvalue weighted by molar-refractivity contribution is -0.456. The molecular formula is C17H26O5. The second kappa shape index (κ2) is 6.46. The first-order valence-electron chi connectivity index (χ1n) is 8.32. The van der Waals surface area contributed by atoms with E-state index in [4.69, 9.17) is 25.5 Å². The Balaban J connectivity index is 1.93. The van der Waals surface area contributed by atoms with Crippen LogP contribution in [0.4, 0.5) is 0 Å². The fourth-order valence-electron chi connectivity index (χ4n) is 4.65. The van der Waals surface area contributed by atoms with Gasteiger partial charge in [-0.2, -0.15) is 0 Å². The van der Waals surface area contributed by atoms with Gasteiger partial charge in [0.25, 0.3) is 0 Å². The van der Waals surface area contributed by atoms with Crippen LogP contribution in [0.3, 0.4) is 0 Å². The van der Waals surface area contributed by atoms with Crippen molar-refractivity contribution in [3.05, 3.63) is 0 Å². The monoisotopic (exact) mass is 310 g/mol. The molecule has 0 spiro atoms. The fraction of sp³-hybridized carbons (Fsp3) is 0.882. The summed E-state index contributed by atoms with van der Waals surface area (Å²) in [6.45, 7) is 4.33. The van der Waals surface area contributed by atoms with Gasteiger partial charge in [-0.05, 0) is 38.5 Å². The predicted molar refractivity (Wildman–Crippen MR) is 79.7 cm³/mol. The Kier molecular flexibility index (Phi) is 4.77. The van der Waals surface area contributed by atoms with E-state index < -0.39 is 18.2 Å². The summed E-state index contributed by atoms with van der Waals surface area (Å²) >= 11 is 0. The van der Waals surface area contributed by atoms with E-state index in [2.05, 4.69) is 12.8 Å². The van der Waals surface area contributed by atoms with Crippen molar-refractivity contribution in [1.82, 2.24) is 0 Å². The summed E-state index contributed by atoms with van der Waals surface area (Å²) in [5.74, 6) is 2.97. The smallest absolute Gasteiger partial charge is 0.193 e. The standard InChI is InChI=1S/C17H26O5/c1-4-10-19-15-12(3)14-7-5-6-13-9-8-11(2)20-16(21-15)17(13,14)22-18/h1,11-16,18H,5-10H2,2-3H3/t11-,12+,13+,14-,15+,16-,17+/m0/s1. The summed E-state index contributed by atoms with van der Waals surface area (Å²) in [7, 11) is 0. The Morgan fingerprint density at radius 2 is 2.05 bits per heavy atom. The molecule has 22 heavy (non-hydrogen) atoms. The van der Waals surface area contributed by atoms with Gasteiger partial charge in [-0.1, -0.05) is 19.3 Å². The Labute approximate surface area is 132 Å². The molecule has 2 heterocycles. The molecule has 3 fully saturated rings. The summed E-state index contributed by atoms with van der Waals surface area (Å²) in [5.41, 5.74) is -0.779.